The zero-order valence-corrected chi connectivity index (χ0v) is 24.4. The molecule has 1 aliphatic heterocycles. The Balaban J connectivity index is 1.42. The van der Waals surface area contributed by atoms with Gasteiger partial charge in [-0.3, -0.25) is 4.79 Å². The van der Waals surface area contributed by atoms with Gasteiger partial charge in [0, 0.05) is 6.92 Å². The summed E-state index contributed by atoms with van der Waals surface area (Å²) in [5.74, 6) is -0.229. The van der Waals surface area contributed by atoms with Gasteiger partial charge in [-0.15, -0.1) is 0 Å². The van der Waals surface area contributed by atoms with Crippen LogP contribution in [0.25, 0.3) is 0 Å². The Morgan fingerprint density at radius 1 is 0.581 bits per heavy atom. The van der Waals surface area contributed by atoms with Crippen LogP contribution in [0.1, 0.15) is 29.2 Å². The molecule has 7 nitrogen and oxygen atoms in total. The lowest BCUT2D eigenvalue weighted by Crippen LogP contribution is -2.65. The Bertz CT molecular complexity index is 1360. The summed E-state index contributed by atoms with van der Waals surface area (Å²) in [5, 5.41) is 2.95. The predicted octanol–water partition coefficient (Wildman–Crippen LogP) is 5.82. The fourth-order valence-corrected chi connectivity index (χ4v) is 5.11. The number of benzene rings is 4. The standard InChI is InChI=1S/C36H39NO6/c1-27(38)37-36-35(42-25-31-20-12-5-13-21-31)34(41-24-30-18-10-4-11-19-30)33(40-23-29-16-8-3-9-17-29)32(43-36)26-39-22-28-14-6-2-7-15-28/h2-21,32-36H,22-26H2,1H3,(H,37,38)/t32-,33+,34+,35-,36+/m1/s1. The van der Waals surface area contributed by atoms with Crippen molar-refractivity contribution in [3.05, 3.63) is 144 Å². The van der Waals surface area contributed by atoms with Crippen molar-refractivity contribution >= 4 is 5.91 Å². The molecule has 0 spiro atoms. The smallest absolute Gasteiger partial charge is 0.218 e. The van der Waals surface area contributed by atoms with Gasteiger partial charge in [-0.25, -0.2) is 0 Å². The van der Waals surface area contributed by atoms with Gasteiger partial charge >= 0.3 is 0 Å². The number of ether oxygens (including phenoxy) is 5. The Morgan fingerprint density at radius 2 is 0.977 bits per heavy atom. The summed E-state index contributed by atoms with van der Waals surface area (Å²) in [6.07, 6.45) is -3.10. The number of hydrogen-bond acceptors (Lipinski definition) is 6. The molecule has 224 valence electrons. The van der Waals surface area contributed by atoms with E-state index >= 15 is 0 Å². The first kappa shape index (κ1) is 30.6. The minimum atomic E-state index is -0.774. The van der Waals surface area contributed by atoms with E-state index in [2.05, 4.69) is 5.32 Å². The third-order valence-electron chi connectivity index (χ3n) is 7.23. The van der Waals surface area contributed by atoms with Crippen molar-refractivity contribution in [2.75, 3.05) is 6.61 Å². The van der Waals surface area contributed by atoms with Crippen LogP contribution in [0, 0.1) is 0 Å². The lowest BCUT2D eigenvalue weighted by molar-refractivity contribution is -0.277. The largest absolute Gasteiger partial charge is 0.374 e. The first-order chi connectivity index (χ1) is 21.2. The molecule has 0 unspecified atom stereocenters. The minimum Gasteiger partial charge on any atom is -0.374 e. The lowest BCUT2D eigenvalue weighted by atomic mass is 9.96. The maximum atomic E-state index is 12.4. The zero-order valence-electron chi connectivity index (χ0n) is 24.4. The van der Waals surface area contributed by atoms with Crippen LogP contribution >= 0.6 is 0 Å². The Kier molecular flexibility index (Phi) is 11.5. The van der Waals surface area contributed by atoms with Crippen molar-refractivity contribution in [2.45, 2.75) is 64.0 Å². The van der Waals surface area contributed by atoms with Crippen LogP contribution in [0.4, 0.5) is 0 Å². The number of carbonyl (C=O) groups is 1. The van der Waals surface area contributed by atoms with E-state index in [1.807, 2.05) is 121 Å². The number of amides is 1. The van der Waals surface area contributed by atoms with Gasteiger partial charge in [-0.2, -0.15) is 0 Å². The predicted molar refractivity (Wildman–Crippen MR) is 164 cm³/mol. The van der Waals surface area contributed by atoms with Crippen LogP contribution in [-0.2, 0) is 54.9 Å². The number of carbonyl (C=O) groups excluding carboxylic acids is 1. The molecule has 1 aliphatic rings. The third kappa shape index (κ3) is 9.32. The maximum absolute atomic E-state index is 12.4. The summed E-state index contributed by atoms with van der Waals surface area (Å²) in [6, 6.07) is 39.8. The maximum Gasteiger partial charge on any atom is 0.218 e. The van der Waals surface area contributed by atoms with Crippen LogP contribution in [0.3, 0.4) is 0 Å². The molecule has 1 N–H and O–H groups in total. The highest BCUT2D eigenvalue weighted by Gasteiger charge is 2.48. The average molecular weight is 582 g/mol. The molecule has 1 amide bonds. The zero-order chi connectivity index (χ0) is 29.7. The molecule has 1 saturated heterocycles. The molecule has 4 aromatic carbocycles. The van der Waals surface area contributed by atoms with Crippen molar-refractivity contribution in [1.29, 1.82) is 0 Å². The van der Waals surface area contributed by atoms with Gasteiger partial charge < -0.3 is 29.0 Å². The van der Waals surface area contributed by atoms with Gasteiger partial charge in [0.05, 0.1) is 33.0 Å². The molecule has 5 rings (SSSR count). The van der Waals surface area contributed by atoms with Gasteiger partial charge in [0.1, 0.15) is 24.4 Å². The highest BCUT2D eigenvalue weighted by atomic mass is 16.6. The molecule has 5 atom stereocenters. The molecule has 4 aromatic rings. The van der Waals surface area contributed by atoms with E-state index in [1.165, 1.54) is 6.92 Å². The topological polar surface area (TPSA) is 75.3 Å². The quantitative estimate of drug-likeness (QED) is 0.202. The molecular formula is C36H39NO6. The molecule has 0 bridgehead atoms. The third-order valence-corrected chi connectivity index (χ3v) is 7.23. The molecule has 0 aromatic heterocycles. The summed E-state index contributed by atoms with van der Waals surface area (Å²) in [6.45, 7) is 3.13. The summed E-state index contributed by atoms with van der Waals surface area (Å²) in [5.41, 5.74) is 4.10. The van der Waals surface area contributed by atoms with E-state index in [-0.39, 0.29) is 12.5 Å². The molecular weight excluding hydrogens is 542 g/mol. The van der Waals surface area contributed by atoms with E-state index in [1.54, 1.807) is 0 Å². The van der Waals surface area contributed by atoms with Crippen molar-refractivity contribution in [2.24, 2.45) is 0 Å². The molecule has 0 radical (unpaired) electrons. The first-order valence-corrected chi connectivity index (χ1v) is 14.7. The van der Waals surface area contributed by atoms with Crippen molar-refractivity contribution < 1.29 is 28.5 Å². The highest BCUT2D eigenvalue weighted by Crippen LogP contribution is 2.30. The van der Waals surface area contributed by atoms with Gasteiger partial charge in [0.25, 0.3) is 0 Å². The van der Waals surface area contributed by atoms with Crippen molar-refractivity contribution in [3.63, 3.8) is 0 Å². The molecule has 7 heteroatoms. The van der Waals surface area contributed by atoms with Crippen LogP contribution < -0.4 is 5.32 Å². The van der Waals surface area contributed by atoms with E-state index in [0.717, 1.165) is 22.3 Å². The lowest BCUT2D eigenvalue weighted by Gasteiger charge is -2.46. The van der Waals surface area contributed by atoms with Gasteiger partial charge in [-0.1, -0.05) is 121 Å². The normalized spacial score (nSPS) is 21.7. The van der Waals surface area contributed by atoms with E-state index in [0.29, 0.717) is 26.4 Å². The average Bonchev–Trinajstić information content (AvgIpc) is 3.04. The fraction of sp³-hybridized carbons (Fsp3) is 0.306. The van der Waals surface area contributed by atoms with Crippen LogP contribution in [0.15, 0.2) is 121 Å². The summed E-state index contributed by atoms with van der Waals surface area (Å²) in [4.78, 5) is 12.4. The van der Waals surface area contributed by atoms with Crippen molar-refractivity contribution in [3.8, 4) is 0 Å². The summed E-state index contributed by atoms with van der Waals surface area (Å²) in [7, 11) is 0. The van der Waals surface area contributed by atoms with Crippen LogP contribution in [0.5, 0.6) is 0 Å². The summed E-state index contributed by atoms with van der Waals surface area (Å²) >= 11 is 0. The Hall–Kier alpha value is -3.85. The first-order valence-electron chi connectivity index (χ1n) is 14.7. The van der Waals surface area contributed by atoms with Gasteiger partial charge in [0.2, 0.25) is 5.91 Å². The minimum absolute atomic E-state index is 0.229. The monoisotopic (exact) mass is 581 g/mol. The van der Waals surface area contributed by atoms with Crippen LogP contribution in [0.2, 0.25) is 0 Å². The summed E-state index contributed by atoms with van der Waals surface area (Å²) < 4.78 is 32.4. The SMILES string of the molecule is CC(=O)N[C@H]1O[C@H](COCc2ccccc2)[C@H](OCc2ccccc2)[C@H](OCc2ccccc2)[C@H]1OCc1ccccc1. The van der Waals surface area contributed by atoms with E-state index < -0.39 is 30.6 Å². The van der Waals surface area contributed by atoms with Gasteiger partial charge in [-0.05, 0) is 22.3 Å². The fourth-order valence-electron chi connectivity index (χ4n) is 5.11. The second-order valence-electron chi connectivity index (χ2n) is 10.6. The van der Waals surface area contributed by atoms with E-state index in [4.69, 9.17) is 23.7 Å². The Morgan fingerprint density at radius 3 is 1.42 bits per heavy atom. The molecule has 43 heavy (non-hydrogen) atoms. The second kappa shape index (κ2) is 16.1. The van der Waals surface area contributed by atoms with E-state index in [9.17, 15) is 4.79 Å². The Labute approximate surface area is 253 Å². The number of hydrogen-bond donors (Lipinski definition) is 1. The number of rotatable bonds is 14. The molecule has 1 fully saturated rings. The van der Waals surface area contributed by atoms with Crippen LogP contribution in [-0.4, -0.2) is 43.2 Å². The molecule has 0 aliphatic carbocycles. The molecule has 0 saturated carbocycles. The second-order valence-corrected chi connectivity index (χ2v) is 10.6. The highest BCUT2D eigenvalue weighted by molar-refractivity contribution is 5.73. The molecule has 1 heterocycles. The number of nitrogens with one attached hydrogen (secondary N) is 1. The van der Waals surface area contributed by atoms with Gasteiger partial charge in [0.15, 0.2) is 6.23 Å². The van der Waals surface area contributed by atoms with Crippen molar-refractivity contribution in [1.82, 2.24) is 5.32 Å².